The smallest absolute Gasteiger partial charge is 0.318 e. The van der Waals surface area contributed by atoms with Crippen molar-refractivity contribution in [3.8, 4) is 11.8 Å². The number of hydrogen-bond donors (Lipinski definition) is 1. The molecule has 3 heterocycles. The molecule has 9 heteroatoms. The minimum absolute atomic E-state index is 0.0509. The lowest BCUT2D eigenvalue weighted by Gasteiger charge is -2.42. The van der Waals surface area contributed by atoms with Gasteiger partial charge in [0.25, 0.3) is 0 Å². The van der Waals surface area contributed by atoms with E-state index in [1.54, 1.807) is 9.80 Å². The summed E-state index contributed by atoms with van der Waals surface area (Å²) >= 11 is 0. The van der Waals surface area contributed by atoms with E-state index in [2.05, 4.69) is 28.4 Å². The van der Waals surface area contributed by atoms with Gasteiger partial charge in [0.2, 0.25) is 5.91 Å². The lowest BCUT2D eigenvalue weighted by molar-refractivity contribution is -0.126. The maximum Gasteiger partial charge on any atom is 0.318 e. The van der Waals surface area contributed by atoms with Gasteiger partial charge >= 0.3 is 6.01 Å². The number of amides is 1. The van der Waals surface area contributed by atoms with E-state index in [-0.39, 0.29) is 29.4 Å². The van der Waals surface area contributed by atoms with E-state index >= 15 is 0 Å². The first-order valence-corrected chi connectivity index (χ1v) is 10.3. The van der Waals surface area contributed by atoms with Crippen molar-refractivity contribution in [3.05, 3.63) is 47.9 Å². The Morgan fingerprint density at radius 2 is 2.13 bits per heavy atom. The van der Waals surface area contributed by atoms with E-state index in [0.717, 1.165) is 17.1 Å². The molecule has 0 aliphatic carbocycles. The van der Waals surface area contributed by atoms with Gasteiger partial charge in [-0.1, -0.05) is 12.6 Å². The largest absolute Gasteiger partial charge is 0.506 e. The van der Waals surface area contributed by atoms with Gasteiger partial charge in [-0.15, -0.1) is 0 Å². The summed E-state index contributed by atoms with van der Waals surface area (Å²) in [5.74, 6) is 0.147. The highest BCUT2D eigenvalue weighted by atomic mass is 19.1. The standard InChI is InChI=1S/C22H26FN5O3/c1-4-19(30)26-10-11-28(14(2)12-26)21-15-8-9-27(13-17(15)24-22(25-21)31-3)20-16(23)6-5-7-18(20)29/h4-7,14,29H,1,8-13H2,2-3H3/t14-/m0/s1. The van der Waals surface area contributed by atoms with Crippen molar-refractivity contribution in [2.75, 3.05) is 43.1 Å². The van der Waals surface area contributed by atoms with E-state index in [0.29, 0.717) is 39.1 Å². The molecular formula is C22H26FN5O3. The number of nitrogens with zero attached hydrogens (tertiary/aromatic N) is 5. The van der Waals surface area contributed by atoms with Gasteiger partial charge in [0.15, 0.2) is 0 Å². The quantitative estimate of drug-likeness (QED) is 0.749. The molecule has 164 valence electrons. The summed E-state index contributed by atoms with van der Waals surface area (Å²) in [6.07, 6.45) is 1.94. The van der Waals surface area contributed by atoms with Crippen molar-refractivity contribution in [1.29, 1.82) is 0 Å². The molecule has 1 atom stereocenters. The molecule has 1 aromatic carbocycles. The SMILES string of the molecule is C=CC(=O)N1CCN(c2nc(OC)nc3c2CCN(c2c(O)cccc2F)C3)[C@@H](C)C1. The molecule has 2 aliphatic heterocycles. The van der Waals surface area contributed by atoms with Crippen molar-refractivity contribution in [1.82, 2.24) is 14.9 Å². The number of phenolic OH excluding ortho intramolecular Hbond substituents is 1. The summed E-state index contributed by atoms with van der Waals surface area (Å²) in [5, 5.41) is 10.2. The van der Waals surface area contributed by atoms with Gasteiger partial charge in [-0.2, -0.15) is 9.97 Å². The molecule has 0 bridgehead atoms. The number of hydrogen-bond acceptors (Lipinski definition) is 7. The molecule has 1 N–H and O–H groups in total. The fourth-order valence-corrected chi connectivity index (χ4v) is 4.33. The maximum atomic E-state index is 14.4. The van der Waals surface area contributed by atoms with Gasteiger partial charge in [-0.25, -0.2) is 4.39 Å². The summed E-state index contributed by atoms with van der Waals surface area (Å²) in [7, 11) is 1.51. The molecule has 8 nitrogen and oxygen atoms in total. The van der Waals surface area contributed by atoms with Crippen LogP contribution < -0.4 is 14.5 Å². The van der Waals surface area contributed by atoms with Gasteiger partial charge in [0.05, 0.1) is 19.3 Å². The second-order valence-electron chi connectivity index (χ2n) is 7.77. The third-order valence-corrected chi connectivity index (χ3v) is 5.87. The zero-order valence-corrected chi connectivity index (χ0v) is 17.7. The lowest BCUT2D eigenvalue weighted by Crippen LogP contribution is -2.54. The van der Waals surface area contributed by atoms with Crippen LogP contribution >= 0.6 is 0 Å². The Hall–Kier alpha value is -3.36. The maximum absolute atomic E-state index is 14.4. The molecule has 2 aromatic rings. The number of para-hydroxylation sites is 1. The van der Waals surface area contributed by atoms with Gasteiger partial charge < -0.3 is 24.5 Å². The Kier molecular flexibility index (Phi) is 5.67. The number of fused-ring (bicyclic) bond motifs is 1. The zero-order chi connectivity index (χ0) is 22.1. The number of anilines is 2. The van der Waals surface area contributed by atoms with Crippen molar-refractivity contribution >= 4 is 17.4 Å². The van der Waals surface area contributed by atoms with Crippen LogP contribution in [0.3, 0.4) is 0 Å². The summed E-state index contributed by atoms with van der Waals surface area (Å²) in [4.78, 5) is 26.9. The number of ether oxygens (including phenoxy) is 1. The van der Waals surface area contributed by atoms with Crippen LogP contribution in [-0.4, -0.2) is 65.2 Å². The van der Waals surface area contributed by atoms with Crippen LogP contribution in [0.25, 0.3) is 0 Å². The predicted octanol–water partition coefficient (Wildman–Crippen LogP) is 2.12. The zero-order valence-electron chi connectivity index (χ0n) is 17.7. The van der Waals surface area contributed by atoms with Crippen LogP contribution in [0.1, 0.15) is 18.2 Å². The molecule has 1 fully saturated rings. The lowest BCUT2D eigenvalue weighted by atomic mass is 10.0. The predicted molar refractivity (Wildman–Crippen MR) is 115 cm³/mol. The van der Waals surface area contributed by atoms with Crippen LogP contribution in [0.4, 0.5) is 15.9 Å². The molecule has 1 amide bonds. The second kappa shape index (κ2) is 8.41. The third kappa shape index (κ3) is 3.87. The summed E-state index contributed by atoms with van der Waals surface area (Å²) < 4.78 is 19.7. The molecule has 0 radical (unpaired) electrons. The van der Waals surface area contributed by atoms with Crippen LogP contribution in [0.2, 0.25) is 0 Å². The molecule has 1 saturated heterocycles. The highest BCUT2D eigenvalue weighted by Crippen LogP contribution is 2.36. The molecule has 0 unspecified atom stereocenters. The van der Waals surface area contributed by atoms with Crippen LogP contribution in [0.5, 0.6) is 11.8 Å². The topological polar surface area (TPSA) is 82.0 Å². The number of methoxy groups -OCH3 is 1. The van der Waals surface area contributed by atoms with Gasteiger partial charge in [-0.05, 0) is 31.6 Å². The molecule has 2 aliphatic rings. The minimum atomic E-state index is -0.471. The number of carbonyl (C=O) groups excluding carboxylic acids is 1. The van der Waals surface area contributed by atoms with Gasteiger partial charge in [0, 0.05) is 37.8 Å². The van der Waals surface area contributed by atoms with Crippen molar-refractivity contribution < 1.29 is 19.0 Å². The normalized spacial score (nSPS) is 18.5. The number of benzene rings is 1. The minimum Gasteiger partial charge on any atom is -0.506 e. The fraction of sp³-hybridized carbons (Fsp3) is 0.409. The van der Waals surface area contributed by atoms with E-state index in [1.807, 2.05) is 0 Å². The molecule has 31 heavy (non-hydrogen) atoms. The second-order valence-corrected chi connectivity index (χ2v) is 7.77. The summed E-state index contributed by atoms with van der Waals surface area (Å²) in [6, 6.07) is 4.58. The average molecular weight is 427 g/mol. The van der Waals surface area contributed by atoms with Gasteiger partial charge in [0.1, 0.15) is 23.1 Å². The number of piperazine rings is 1. The van der Waals surface area contributed by atoms with Crippen molar-refractivity contribution in [2.24, 2.45) is 0 Å². The number of phenols is 1. The van der Waals surface area contributed by atoms with E-state index in [9.17, 15) is 14.3 Å². The highest BCUT2D eigenvalue weighted by Gasteiger charge is 2.32. The number of halogens is 1. The number of aromatic nitrogens is 2. The van der Waals surface area contributed by atoms with E-state index in [4.69, 9.17) is 4.74 Å². The van der Waals surface area contributed by atoms with Gasteiger partial charge in [-0.3, -0.25) is 4.79 Å². The highest BCUT2D eigenvalue weighted by molar-refractivity contribution is 5.87. The summed E-state index contributed by atoms with van der Waals surface area (Å²) in [5.41, 5.74) is 1.91. The third-order valence-electron chi connectivity index (χ3n) is 5.87. The fourth-order valence-electron chi connectivity index (χ4n) is 4.33. The van der Waals surface area contributed by atoms with E-state index in [1.165, 1.54) is 31.4 Å². The molecular weight excluding hydrogens is 401 g/mol. The van der Waals surface area contributed by atoms with Crippen LogP contribution in [0, 0.1) is 5.82 Å². The average Bonchev–Trinajstić information content (AvgIpc) is 2.77. The first-order valence-electron chi connectivity index (χ1n) is 10.3. The molecule has 1 aromatic heterocycles. The van der Waals surface area contributed by atoms with Crippen molar-refractivity contribution in [3.63, 3.8) is 0 Å². The van der Waals surface area contributed by atoms with Crippen LogP contribution in [0.15, 0.2) is 30.9 Å². The Bertz CT molecular complexity index is 995. The first kappa shape index (κ1) is 20.9. The number of rotatable bonds is 4. The number of aromatic hydroxyl groups is 1. The molecule has 4 rings (SSSR count). The molecule has 0 saturated carbocycles. The van der Waals surface area contributed by atoms with Crippen LogP contribution in [-0.2, 0) is 17.8 Å². The Labute approximate surface area is 180 Å². The molecule has 0 spiro atoms. The summed E-state index contributed by atoms with van der Waals surface area (Å²) in [6.45, 7) is 8.25. The Morgan fingerprint density at radius 1 is 1.32 bits per heavy atom. The van der Waals surface area contributed by atoms with E-state index < -0.39 is 5.82 Å². The monoisotopic (exact) mass is 427 g/mol. The first-order chi connectivity index (χ1) is 14.9. The van der Waals surface area contributed by atoms with Crippen molar-refractivity contribution in [2.45, 2.75) is 25.9 Å². The Morgan fingerprint density at radius 3 is 2.81 bits per heavy atom. The number of carbonyl (C=O) groups is 1. The Balaban J connectivity index is 1.65.